The van der Waals surface area contributed by atoms with Gasteiger partial charge in [0.2, 0.25) is 0 Å². The van der Waals surface area contributed by atoms with Crippen molar-refractivity contribution >= 4 is 22.4 Å². The van der Waals surface area contributed by atoms with Crippen molar-refractivity contribution in [1.82, 2.24) is 14.9 Å². The molecule has 1 atom stereocenters. The van der Waals surface area contributed by atoms with Gasteiger partial charge in [-0.05, 0) is 63.3 Å². The molecule has 1 aliphatic heterocycles. The molecule has 4 rings (SSSR count). The fraction of sp³-hybridized carbons (Fsp3) is 0.400. The third kappa shape index (κ3) is 4.96. The number of aromatic nitrogens is 2. The quantitative estimate of drug-likeness (QED) is 0.606. The van der Waals surface area contributed by atoms with Gasteiger partial charge in [0, 0.05) is 37.4 Å². The molecule has 0 bridgehead atoms. The fourth-order valence-electron chi connectivity index (χ4n) is 4.39. The van der Waals surface area contributed by atoms with Crippen LogP contribution in [0.3, 0.4) is 0 Å². The zero-order valence-corrected chi connectivity index (χ0v) is 19.6. The molecule has 0 radical (unpaired) electrons. The second kappa shape index (κ2) is 9.18. The minimum atomic E-state index is 0.0915. The molecule has 1 saturated heterocycles. The lowest BCUT2D eigenvalue weighted by atomic mass is 9.92. The first-order chi connectivity index (χ1) is 14.9. The molecule has 31 heavy (non-hydrogen) atoms. The zero-order chi connectivity index (χ0) is 22.0. The highest BCUT2D eigenvalue weighted by atomic mass is 32.1. The molecule has 1 N–H and O–H groups in total. The minimum absolute atomic E-state index is 0.0915. The molecule has 3 heterocycles. The van der Waals surface area contributed by atoms with E-state index in [1.54, 1.807) is 0 Å². The van der Waals surface area contributed by atoms with Crippen LogP contribution in [0.2, 0.25) is 0 Å². The summed E-state index contributed by atoms with van der Waals surface area (Å²) in [5.41, 5.74) is 6.84. The minimum Gasteiger partial charge on any atom is -0.365 e. The predicted octanol–water partition coefficient (Wildman–Crippen LogP) is 5.12. The number of nitrogens with zero attached hydrogens (tertiary/aromatic N) is 3. The molecule has 1 fully saturated rings. The Balaban J connectivity index is 1.53. The molecule has 0 saturated carbocycles. The Morgan fingerprint density at radius 2 is 2.00 bits per heavy atom. The van der Waals surface area contributed by atoms with Crippen LogP contribution in [0.25, 0.3) is 0 Å². The van der Waals surface area contributed by atoms with E-state index >= 15 is 0 Å². The molecule has 0 spiro atoms. The number of piperidine rings is 1. The van der Waals surface area contributed by atoms with Gasteiger partial charge in [-0.3, -0.25) is 9.78 Å². The molecule has 1 aliphatic rings. The van der Waals surface area contributed by atoms with Crippen molar-refractivity contribution in [2.24, 2.45) is 0 Å². The van der Waals surface area contributed by atoms with Gasteiger partial charge < -0.3 is 10.2 Å². The van der Waals surface area contributed by atoms with Crippen LogP contribution in [0.4, 0.5) is 5.13 Å². The maximum absolute atomic E-state index is 13.2. The van der Waals surface area contributed by atoms with Crippen molar-refractivity contribution in [2.45, 2.75) is 46.0 Å². The van der Waals surface area contributed by atoms with E-state index in [1.165, 1.54) is 28.0 Å². The number of likely N-dealkylation sites (tertiary alicyclic amines) is 1. The van der Waals surface area contributed by atoms with Crippen molar-refractivity contribution in [3.63, 3.8) is 0 Å². The lowest BCUT2D eigenvalue weighted by Gasteiger charge is -2.32. The number of nitrogens with one attached hydrogen (secondary N) is 1. The van der Waals surface area contributed by atoms with E-state index < -0.39 is 0 Å². The normalized spacial score (nSPS) is 16.4. The monoisotopic (exact) mass is 434 g/mol. The first-order valence-electron chi connectivity index (χ1n) is 10.9. The van der Waals surface area contributed by atoms with Crippen LogP contribution in [0.5, 0.6) is 0 Å². The van der Waals surface area contributed by atoms with E-state index in [0.717, 1.165) is 52.9 Å². The molecule has 5 nitrogen and oxygen atoms in total. The summed E-state index contributed by atoms with van der Waals surface area (Å²) in [6.07, 6.45) is 2.96. The van der Waals surface area contributed by atoms with E-state index in [-0.39, 0.29) is 11.8 Å². The summed E-state index contributed by atoms with van der Waals surface area (Å²) in [7, 11) is 1.83. The average molecular weight is 435 g/mol. The van der Waals surface area contributed by atoms with E-state index in [0.29, 0.717) is 6.54 Å². The van der Waals surface area contributed by atoms with Crippen LogP contribution in [-0.2, 0) is 6.42 Å². The van der Waals surface area contributed by atoms with Crippen LogP contribution < -0.4 is 5.32 Å². The number of benzene rings is 1. The van der Waals surface area contributed by atoms with Gasteiger partial charge in [-0.15, -0.1) is 0 Å². The van der Waals surface area contributed by atoms with Crippen molar-refractivity contribution < 1.29 is 4.79 Å². The smallest absolute Gasteiger partial charge is 0.265 e. The Morgan fingerprint density at radius 1 is 1.16 bits per heavy atom. The van der Waals surface area contributed by atoms with E-state index in [2.05, 4.69) is 60.5 Å². The van der Waals surface area contributed by atoms with Gasteiger partial charge in [0.25, 0.3) is 5.91 Å². The summed E-state index contributed by atoms with van der Waals surface area (Å²) >= 11 is 1.44. The van der Waals surface area contributed by atoms with E-state index in [4.69, 9.17) is 4.98 Å². The number of carbonyl (C=O) groups excluding carboxylic acids is 1. The topological polar surface area (TPSA) is 58.1 Å². The highest BCUT2D eigenvalue weighted by Crippen LogP contribution is 2.30. The van der Waals surface area contributed by atoms with Crippen LogP contribution in [-0.4, -0.2) is 40.9 Å². The molecule has 162 valence electrons. The third-order valence-corrected chi connectivity index (χ3v) is 7.02. The second-order valence-corrected chi connectivity index (χ2v) is 9.48. The summed E-state index contributed by atoms with van der Waals surface area (Å²) in [5, 5.41) is 3.83. The number of pyridine rings is 1. The Bertz CT molecular complexity index is 1090. The lowest BCUT2D eigenvalue weighted by molar-refractivity contribution is 0.0710. The number of rotatable bonds is 5. The Kier molecular flexibility index (Phi) is 6.37. The molecule has 2 aromatic heterocycles. The van der Waals surface area contributed by atoms with Crippen LogP contribution >= 0.6 is 11.3 Å². The van der Waals surface area contributed by atoms with Gasteiger partial charge in [-0.1, -0.05) is 41.2 Å². The summed E-state index contributed by atoms with van der Waals surface area (Å²) in [6, 6.07) is 13.1. The SMILES string of the molecule is CNc1nc(C)c(C(=O)N2CCCC(c3cc(Cc4cccc(C)c4)cc(C)n3)C2)s1. The van der Waals surface area contributed by atoms with Crippen molar-refractivity contribution in [2.75, 3.05) is 25.5 Å². The number of carbonyl (C=O) groups is 1. The maximum Gasteiger partial charge on any atom is 0.265 e. The Hall–Kier alpha value is -2.73. The summed E-state index contributed by atoms with van der Waals surface area (Å²) in [4.78, 5) is 25.2. The number of anilines is 1. The first kappa shape index (κ1) is 21.5. The van der Waals surface area contributed by atoms with Gasteiger partial charge in [0.05, 0.1) is 5.69 Å². The zero-order valence-electron chi connectivity index (χ0n) is 18.7. The summed E-state index contributed by atoms with van der Waals surface area (Å²) in [6.45, 7) is 7.61. The van der Waals surface area contributed by atoms with Crippen LogP contribution in [0.15, 0.2) is 36.4 Å². The molecule has 1 unspecified atom stereocenters. The maximum atomic E-state index is 13.2. The summed E-state index contributed by atoms with van der Waals surface area (Å²) < 4.78 is 0. The van der Waals surface area contributed by atoms with Gasteiger partial charge in [-0.25, -0.2) is 4.98 Å². The van der Waals surface area contributed by atoms with Crippen molar-refractivity contribution in [3.05, 3.63) is 75.0 Å². The Morgan fingerprint density at radius 3 is 2.74 bits per heavy atom. The fourth-order valence-corrected chi connectivity index (χ4v) is 5.27. The largest absolute Gasteiger partial charge is 0.365 e. The van der Waals surface area contributed by atoms with Crippen molar-refractivity contribution in [1.29, 1.82) is 0 Å². The standard InChI is InChI=1S/C25H30N4OS/c1-16-7-5-8-19(11-16)13-20-12-17(2)27-22(14-20)21-9-6-10-29(15-21)24(30)23-18(3)28-25(26-4)31-23/h5,7-8,11-12,14,21H,6,9-10,13,15H2,1-4H3,(H,26,28). The highest BCUT2D eigenvalue weighted by Gasteiger charge is 2.28. The number of aryl methyl sites for hydroxylation is 3. The summed E-state index contributed by atoms with van der Waals surface area (Å²) in [5.74, 6) is 0.361. The molecule has 3 aromatic rings. The van der Waals surface area contributed by atoms with Gasteiger partial charge in [0.15, 0.2) is 5.13 Å². The molecule has 0 aliphatic carbocycles. The number of thiazole rings is 1. The number of amides is 1. The van der Waals surface area contributed by atoms with E-state index in [1.807, 2.05) is 18.9 Å². The predicted molar refractivity (Wildman–Crippen MR) is 127 cm³/mol. The third-order valence-electron chi connectivity index (χ3n) is 5.86. The molecule has 1 amide bonds. The van der Waals surface area contributed by atoms with Crippen LogP contribution in [0.1, 0.15) is 62.2 Å². The lowest BCUT2D eigenvalue weighted by Crippen LogP contribution is -2.39. The number of hydrogen-bond donors (Lipinski definition) is 1. The van der Waals surface area contributed by atoms with Gasteiger partial charge in [0.1, 0.15) is 4.88 Å². The number of hydrogen-bond acceptors (Lipinski definition) is 5. The Labute approximate surface area is 188 Å². The molecular formula is C25H30N4OS. The molecule has 6 heteroatoms. The van der Waals surface area contributed by atoms with Gasteiger partial charge >= 0.3 is 0 Å². The van der Waals surface area contributed by atoms with Crippen molar-refractivity contribution in [3.8, 4) is 0 Å². The molecule has 1 aromatic carbocycles. The average Bonchev–Trinajstić information content (AvgIpc) is 3.13. The highest BCUT2D eigenvalue weighted by molar-refractivity contribution is 7.17. The molecular weight excluding hydrogens is 404 g/mol. The van der Waals surface area contributed by atoms with Crippen LogP contribution in [0, 0.1) is 20.8 Å². The van der Waals surface area contributed by atoms with E-state index in [9.17, 15) is 4.79 Å². The first-order valence-corrected chi connectivity index (χ1v) is 11.7. The second-order valence-electron chi connectivity index (χ2n) is 8.48. The van der Waals surface area contributed by atoms with Gasteiger partial charge in [-0.2, -0.15) is 0 Å².